The zero-order valence-electron chi connectivity index (χ0n) is 8.31. The SMILES string of the molecule is CCC(NCC(O)CO)c1cccs1. The van der Waals surface area contributed by atoms with Crippen molar-refractivity contribution < 1.29 is 10.2 Å². The Labute approximate surface area is 88.4 Å². The molecule has 4 heteroatoms. The van der Waals surface area contributed by atoms with E-state index in [0.29, 0.717) is 6.54 Å². The fourth-order valence-corrected chi connectivity index (χ4v) is 2.16. The van der Waals surface area contributed by atoms with Crippen molar-refractivity contribution in [2.75, 3.05) is 13.2 Å². The lowest BCUT2D eigenvalue weighted by atomic mass is 10.2. The quantitative estimate of drug-likeness (QED) is 0.667. The Morgan fingerprint density at radius 2 is 2.36 bits per heavy atom. The van der Waals surface area contributed by atoms with Gasteiger partial charge in [0.1, 0.15) is 0 Å². The van der Waals surface area contributed by atoms with Gasteiger partial charge < -0.3 is 15.5 Å². The molecule has 0 spiro atoms. The fourth-order valence-electron chi connectivity index (χ4n) is 1.28. The predicted octanol–water partition coefficient (Wildman–Crippen LogP) is 1.14. The number of thiophene rings is 1. The van der Waals surface area contributed by atoms with Gasteiger partial charge in [-0.25, -0.2) is 0 Å². The van der Waals surface area contributed by atoms with Gasteiger partial charge in [-0.1, -0.05) is 13.0 Å². The fraction of sp³-hybridized carbons (Fsp3) is 0.600. The average molecular weight is 215 g/mol. The van der Waals surface area contributed by atoms with Crippen molar-refractivity contribution in [3.63, 3.8) is 0 Å². The second kappa shape index (κ2) is 6.14. The van der Waals surface area contributed by atoms with Crippen LogP contribution in [-0.4, -0.2) is 29.5 Å². The van der Waals surface area contributed by atoms with Crippen molar-refractivity contribution >= 4 is 11.3 Å². The number of aliphatic hydroxyl groups excluding tert-OH is 2. The zero-order chi connectivity index (χ0) is 10.4. The topological polar surface area (TPSA) is 52.5 Å². The highest BCUT2D eigenvalue weighted by molar-refractivity contribution is 7.10. The lowest BCUT2D eigenvalue weighted by Gasteiger charge is -2.17. The van der Waals surface area contributed by atoms with Crippen molar-refractivity contribution in [1.29, 1.82) is 0 Å². The summed E-state index contributed by atoms with van der Waals surface area (Å²) in [4.78, 5) is 1.28. The Morgan fingerprint density at radius 1 is 1.57 bits per heavy atom. The molecule has 0 saturated carbocycles. The minimum Gasteiger partial charge on any atom is -0.394 e. The van der Waals surface area contributed by atoms with Crippen LogP contribution in [0.1, 0.15) is 24.3 Å². The molecule has 0 bridgehead atoms. The molecule has 0 radical (unpaired) electrons. The van der Waals surface area contributed by atoms with Gasteiger partial charge in [-0.3, -0.25) is 0 Å². The normalized spacial score (nSPS) is 15.4. The molecule has 14 heavy (non-hydrogen) atoms. The van der Waals surface area contributed by atoms with E-state index in [1.807, 2.05) is 11.4 Å². The molecule has 0 aromatic carbocycles. The van der Waals surface area contributed by atoms with Crippen LogP contribution in [0.2, 0.25) is 0 Å². The molecule has 0 aliphatic heterocycles. The standard InChI is InChI=1S/C10H17NO2S/c1-2-9(10-4-3-5-14-10)11-6-8(13)7-12/h3-5,8-9,11-13H,2,6-7H2,1H3. The van der Waals surface area contributed by atoms with Gasteiger partial charge in [0, 0.05) is 17.5 Å². The van der Waals surface area contributed by atoms with Crippen LogP contribution in [0.3, 0.4) is 0 Å². The molecular formula is C10H17NO2S. The zero-order valence-corrected chi connectivity index (χ0v) is 9.13. The third-order valence-corrected chi connectivity index (χ3v) is 3.09. The average Bonchev–Trinajstić information content (AvgIpc) is 2.72. The number of hydrogen-bond donors (Lipinski definition) is 3. The van der Waals surface area contributed by atoms with Gasteiger partial charge in [-0.15, -0.1) is 11.3 Å². The highest BCUT2D eigenvalue weighted by atomic mass is 32.1. The van der Waals surface area contributed by atoms with E-state index in [9.17, 15) is 5.11 Å². The molecule has 1 heterocycles. The van der Waals surface area contributed by atoms with Crippen molar-refractivity contribution in [3.05, 3.63) is 22.4 Å². The van der Waals surface area contributed by atoms with Gasteiger partial charge in [0.2, 0.25) is 0 Å². The molecule has 0 fully saturated rings. The highest BCUT2D eigenvalue weighted by Crippen LogP contribution is 2.21. The number of aliphatic hydroxyl groups is 2. The van der Waals surface area contributed by atoms with Crippen LogP contribution in [0.15, 0.2) is 17.5 Å². The summed E-state index contributed by atoms with van der Waals surface area (Å²) < 4.78 is 0. The smallest absolute Gasteiger partial charge is 0.0895 e. The molecule has 1 aromatic heterocycles. The molecule has 1 rings (SSSR count). The molecule has 80 valence electrons. The van der Waals surface area contributed by atoms with E-state index in [4.69, 9.17) is 5.11 Å². The summed E-state index contributed by atoms with van der Waals surface area (Å²) in [6, 6.07) is 4.39. The maximum absolute atomic E-state index is 9.19. The second-order valence-electron chi connectivity index (χ2n) is 3.22. The van der Waals surface area contributed by atoms with E-state index >= 15 is 0 Å². The molecule has 0 aliphatic rings. The largest absolute Gasteiger partial charge is 0.394 e. The molecule has 3 N–H and O–H groups in total. The number of hydrogen-bond acceptors (Lipinski definition) is 4. The lowest BCUT2D eigenvalue weighted by molar-refractivity contribution is 0.0918. The molecule has 2 atom stereocenters. The van der Waals surface area contributed by atoms with Gasteiger partial charge in [-0.2, -0.15) is 0 Å². The monoisotopic (exact) mass is 215 g/mol. The Morgan fingerprint density at radius 3 is 2.86 bits per heavy atom. The maximum atomic E-state index is 9.19. The third-order valence-electron chi connectivity index (χ3n) is 2.11. The Kier molecular flexibility index (Phi) is 5.11. The van der Waals surface area contributed by atoms with E-state index < -0.39 is 6.10 Å². The van der Waals surface area contributed by atoms with Gasteiger partial charge in [0.25, 0.3) is 0 Å². The van der Waals surface area contributed by atoms with Gasteiger partial charge in [0.15, 0.2) is 0 Å². The minimum atomic E-state index is -0.663. The first-order valence-corrected chi connectivity index (χ1v) is 5.71. The molecule has 0 amide bonds. The Hall–Kier alpha value is -0.420. The molecular weight excluding hydrogens is 198 g/mol. The number of nitrogens with one attached hydrogen (secondary N) is 1. The van der Waals surface area contributed by atoms with E-state index in [2.05, 4.69) is 18.3 Å². The molecule has 3 nitrogen and oxygen atoms in total. The molecule has 0 saturated heterocycles. The lowest BCUT2D eigenvalue weighted by Crippen LogP contribution is -2.31. The summed E-state index contributed by atoms with van der Waals surface area (Å²) in [6.45, 7) is 2.35. The van der Waals surface area contributed by atoms with E-state index in [-0.39, 0.29) is 12.6 Å². The Bertz CT molecular complexity index is 238. The summed E-state index contributed by atoms with van der Waals surface area (Å²) in [7, 11) is 0. The Balaban J connectivity index is 2.40. The molecule has 0 aliphatic carbocycles. The van der Waals surface area contributed by atoms with Crippen LogP contribution in [-0.2, 0) is 0 Å². The van der Waals surface area contributed by atoms with Crippen molar-refractivity contribution in [2.24, 2.45) is 0 Å². The first kappa shape index (κ1) is 11.7. The van der Waals surface area contributed by atoms with Gasteiger partial charge >= 0.3 is 0 Å². The predicted molar refractivity (Wildman–Crippen MR) is 58.4 cm³/mol. The summed E-state index contributed by atoms with van der Waals surface area (Å²) in [6.07, 6.45) is 0.322. The van der Waals surface area contributed by atoms with Crippen LogP contribution in [0, 0.1) is 0 Å². The number of rotatable bonds is 6. The first-order valence-electron chi connectivity index (χ1n) is 4.83. The molecule has 1 aromatic rings. The second-order valence-corrected chi connectivity index (χ2v) is 4.20. The summed E-state index contributed by atoms with van der Waals surface area (Å²) >= 11 is 1.71. The van der Waals surface area contributed by atoms with Crippen molar-refractivity contribution in [2.45, 2.75) is 25.5 Å². The summed E-state index contributed by atoms with van der Waals surface area (Å²) in [5.41, 5.74) is 0. The third kappa shape index (κ3) is 3.38. The van der Waals surface area contributed by atoms with Crippen LogP contribution in [0.25, 0.3) is 0 Å². The van der Waals surface area contributed by atoms with E-state index in [1.165, 1.54) is 4.88 Å². The van der Waals surface area contributed by atoms with Gasteiger partial charge in [0.05, 0.1) is 12.7 Å². The van der Waals surface area contributed by atoms with Crippen molar-refractivity contribution in [3.8, 4) is 0 Å². The first-order chi connectivity index (χ1) is 6.77. The highest BCUT2D eigenvalue weighted by Gasteiger charge is 2.11. The van der Waals surface area contributed by atoms with E-state index in [0.717, 1.165) is 6.42 Å². The minimum absolute atomic E-state index is 0.187. The maximum Gasteiger partial charge on any atom is 0.0895 e. The van der Waals surface area contributed by atoms with Crippen LogP contribution in [0.5, 0.6) is 0 Å². The summed E-state index contributed by atoms with van der Waals surface area (Å²) in [5.74, 6) is 0. The van der Waals surface area contributed by atoms with Crippen LogP contribution in [0.4, 0.5) is 0 Å². The van der Waals surface area contributed by atoms with Crippen LogP contribution >= 0.6 is 11.3 Å². The van der Waals surface area contributed by atoms with Crippen LogP contribution < -0.4 is 5.32 Å². The molecule has 2 unspecified atom stereocenters. The van der Waals surface area contributed by atoms with E-state index in [1.54, 1.807) is 11.3 Å². The van der Waals surface area contributed by atoms with Gasteiger partial charge in [-0.05, 0) is 17.9 Å². The summed E-state index contributed by atoms with van der Waals surface area (Å²) in [5, 5.41) is 23.1. The van der Waals surface area contributed by atoms with Crippen molar-refractivity contribution in [1.82, 2.24) is 5.32 Å².